The van der Waals surface area contributed by atoms with Crippen LogP contribution in [0, 0.1) is 0 Å². The Kier molecular flexibility index (Phi) is 3.69. The highest BCUT2D eigenvalue weighted by atomic mass is 79.9. The lowest BCUT2D eigenvalue weighted by Gasteiger charge is -2.22. The molecule has 0 bridgehead atoms. The van der Waals surface area contributed by atoms with Crippen molar-refractivity contribution >= 4 is 27.7 Å². The van der Waals surface area contributed by atoms with Crippen LogP contribution in [0.15, 0.2) is 4.60 Å². The maximum atomic E-state index is 4.04. The molecule has 1 fully saturated rings. The molecule has 1 aliphatic rings. The number of nitrogens with one attached hydrogen (secondary N) is 1. The average Bonchev–Trinajstić information content (AvgIpc) is 2.83. The summed E-state index contributed by atoms with van der Waals surface area (Å²) in [5, 5.41) is 12.1. The van der Waals surface area contributed by atoms with E-state index in [0.29, 0.717) is 11.3 Å². The van der Waals surface area contributed by atoms with Crippen LogP contribution in [0.25, 0.3) is 0 Å². The van der Waals surface area contributed by atoms with Crippen molar-refractivity contribution in [1.82, 2.24) is 20.3 Å². The number of aryl methyl sites for hydroxylation is 1. The Morgan fingerprint density at radius 2 is 2.47 bits per heavy atom. The SMILES string of the molecule is CNC(c1c(Br)nnn1C)C1CCCS1. The minimum atomic E-state index is 0.340. The Labute approximate surface area is 102 Å². The zero-order valence-electron chi connectivity index (χ0n) is 8.90. The predicted molar refractivity (Wildman–Crippen MR) is 66.0 cm³/mol. The fourth-order valence-corrected chi connectivity index (χ4v) is 4.03. The average molecular weight is 291 g/mol. The smallest absolute Gasteiger partial charge is 0.153 e. The van der Waals surface area contributed by atoms with Crippen molar-refractivity contribution in [1.29, 1.82) is 0 Å². The number of hydrogen-bond acceptors (Lipinski definition) is 4. The number of hydrogen-bond donors (Lipinski definition) is 1. The summed E-state index contributed by atoms with van der Waals surface area (Å²) in [6, 6.07) is 0.340. The monoisotopic (exact) mass is 290 g/mol. The molecule has 6 heteroatoms. The molecule has 15 heavy (non-hydrogen) atoms. The number of rotatable bonds is 3. The summed E-state index contributed by atoms with van der Waals surface area (Å²) in [7, 11) is 3.94. The molecule has 2 atom stereocenters. The van der Waals surface area contributed by atoms with E-state index in [1.807, 2.05) is 30.5 Å². The van der Waals surface area contributed by atoms with E-state index >= 15 is 0 Å². The molecule has 2 rings (SSSR count). The van der Waals surface area contributed by atoms with E-state index in [4.69, 9.17) is 0 Å². The third kappa shape index (κ3) is 2.21. The Morgan fingerprint density at radius 3 is 2.93 bits per heavy atom. The standard InChI is InChI=1S/C9H15BrN4S/c1-11-7(6-4-3-5-15-6)8-9(10)12-13-14(8)2/h6-7,11H,3-5H2,1-2H3. The highest BCUT2D eigenvalue weighted by Gasteiger charge is 2.29. The zero-order chi connectivity index (χ0) is 10.8. The normalized spacial score (nSPS) is 23.3. The third-order valence-electron chi connectivity index (χ3n) is 2.77. The number of thioether (sulfide) groups is 1. The predicted octanol–water partition coefficient (Wildman–Crippen LogP) is 1.73. The molecule has 1 aliphatic heterocycles. The molecular weight excluding hydrogens is 276 g/mol. The van der Waals surface area contributed by atoms with Crippen LogP contribution in [0.4, 0.5) is 0 Å². The fraction of sp³-hybridized carbons (Fsp3) is 0.778. The lowest BCUT2D eigenvalue weighted by Crippen LogP contribution is -2.28. The minimum Gasteiger partial charge on any atom is -0.311 e. The van der Waals surface area contributed by atoms with E-state index < -0.39 is 0 Å². The number of nitrogens with zero attached hydrogens (tertiary/aromatic N) is 3. The summed E-state index contributed by atoms with van der Waals surface area (Å²) < 4.78 is 2.71. The quantitative estimate of drug-likeness (QED) is 0.921. The summed E-state index contributed by atoms with van der Waals surface area (Å²) in [6.45, 7) is 0. The summed E-state index contributed by atoms with van der Waals surface area (Å²) in [5.41, 5.74) is 1.15. The Balaban J connectivity index is 2.25. The van der Waals surface area contributed by atoms with Crippen LogP contribution < -0.4 is 5.32 Å². The third-order valence-corrected chi connectivity index (χ3v) is 4.79. The van der Waals surface area contributed by atoms with E-state index in [1.165, 1.54) is 18.6 Å². The molecular formula is C9H15BrN4S. The molecule has 0 radical (unpaired) electrons. The number of halogens is 1. The van der Waals surface area contributed by atoms with Gasteiger partial charge in [0.2, 0.25) is 0 Å². The summed E-state index contributed by atoms with van der Waals surface area (Å²) in [6.07, 6.45) is 2.59. The van der Waals surface area contributed by atoms with Crippen molar-refractivity contribution in [2.75, 3.05) is 12.8 Å². The molecule has 0 aromatic carbocycles. The van der Waals surface area contributed by atoms with Gasteiger partial charge in [0.05, 0.1) is 11.7 Å². The first-order valence-electron chi connectivity index (χ1n) is 5.08. The Hall–Kier alpha value is -0.0700. The maximum absolute atomic E-state index is 4.04. The molecule has 2 unspecified atom stereocenters. The lowest BCUT2D eigenvalue weighted by atomic mass is 10.1. The van der Waals surface area contributed by atoms with Crippen molar-refractivity contribution in [2.45, 2.75) is 24.1 Å². The van der Waals surface area contributed by atoms with Gasteiger partial charge in [0.15, 0.2) is 4.60 Å². The van der Waals surface area contributed by atoms with Gasteiger partial charge in [0, 0.05) is 12.3 Å². The van der Waals surface area contributed by atoms with Gasteiger partial charge in [-0.05, 0) is 41.6 Å². The highest BCUT2D eigenvalue weighted by molar-refractivity contribution is 9.10. The zero-order valence-corrected chi connectivity index (χ0v) is 11.3. The van der Waals surface area contributed by atoms with E-state index in [2.05, 4.69) is 31.6 Å². The first-order chi connectivity index (χ1) is 7.24. The van der Waals surface area contributed by atoms with Crippen LogP contribution in [0.1, 0.15) is 24.6 Å². The fourth-order valence-electron chi connectivity index (χ4n) is 2.03. The molecule has 1 N–H and O–H groups in total. The molecule has 0 aliphatic carbocycles. The largest absolute Gasteiger partial charge is 0.311 e. The molecule has 4 nitrogen and oxygen atoms in total. The molecule has 1 aromatic rings. The molecule has 84 valence electrons. The van der Waals surface area contributed by atoms with E-state index in [-0.39, 0.29) is 0 Å². The van der Waals surface area contributed by atoms with Crippen molar-refractivity contribution in [2.24, 2.45) is 7.05 Å². The number of aromatic nitrogens is 3. The summed E-state index contributed by atoms with van der Waals surface area (Å²) >= 11 is 5.50. The van der Waals surface area contributed by atoms with Crippen molar-refractivity contribution in [3.05, 3.63) is 10.3 Å². The van der Waals surface area contributed by atoms with Gasteiger partial charge in [-0.25, -0.2) is 4.68 Å². The maximum Gasteiger partial charge on any atom is 0.153 e. The Bertz CT molecular complexity index is 315. The van der Waals surface area contributed by atoms with Crippen molar-refractivity contribution < 1.29 is 0 Å². The molecule has 1 aromatic heterocycles. The lowest BCUT2D eigenvalue weighted by molar-refractivity contribution is 0.507. The van der Waals surface area contributed by atoms with E-state index in [0.717, 1.165) is 10.3 Å². The second-order valence-electron chi connectivity index (χ2n) is 3.71. The molecule has 1 saturated heterocycles. The molecule has 0 spiro atoms. The molecule has 0 saturated carbocycles. The van der Waals surface area contributed by atoms with Gasteiger partial charge in [-0.1, -0.05) is 5.21 Å². The van der Waals surface area contributed by atoms with Gasteiger partial charge in [-0.15, -0.1) is 5.10 Å². The first kappa shape index (κ1) is 11.4. The first-order valence-corrected chi connectivity index (χ1v) is 6.92. The van der Waals surface area contributed by atoms with Gasteiger partial charge < -0.3 is 5.32 Å². The molecule has 2 heterocycles. The van der Waals surface area contributed by atoms with Crippen molar-refractivity contribution in [3.63, 3.8) is 0 Å². The van der Waals surface area contributed by atoms with Gasteiger partial charge in [0.1, 0.15) is 0 Å². The Morgan fingerprint density at radius 1 is 1.67 bits per heavy atom. The van der Waals surface area contributed by atoms with Crippen LogP contribution in [0.3, 0.4) is 0 Å². The second-order valence-corrected chi connectivity index (χ2v) is 5.81. The van der Waals surface area contributed by atoms with Gasteiger partial charge >= 0.3 is 0 Å². The molecule has 0 amide bonds. The van der Waals surface area contributed by atoms with Crippen molar-refractivity contribution in [3.8, 4) is 0 Å². The minimum absolute atomic E-state index is 0.340. The van der Waals surface area contributed by atoms with E-state index in [9.17, 15) is 0 Å². The van der Waals surface area contributed by atoms with Crippen LogP contribution >= 0.6 is 27.7 Å². The summed E-state index contributed by atoms with van der Waals surface area (Å²) in [4.78, 5) is 0. The highest BCUT2D eigenvalue weighted by Crippen LogP contribution is 2.37. The van der Waals surface area contributed by atoms with Crippen LogP contribution in [0.2, 0.25) is 0 Å². The van der Waals surface area contributed by atoms with Crippen LogP contribution in [0.5, 0.6) is 0 Å². The van der Waals surface area contributed by atoms with Gasteiger partial charge in [0.25, 0.3) is 0 Å². The van der Waals surface area contributed by atoms with Crippen LogP contribution in [-0.4, -0.2) is 33.0 Å². The topological polar surface area (TPSA) is 42.7 Å². The van der Waals surface area contributed by atoms with Gasteiger partial charge in [-0.2, -0.15) is 11.8 Å². The summed E-state index contributed by atoms with van der Waals surface area (Å²) in [5.74, 6) is 1.27. The van der Waals surface area contributed by atoms with Crippen LogP contribution in [-0.2, 0) is 7.05 Å². The van der Waals surface area contributed by atoms with E-state index in [1.54, 1.807) is 0 Å². The second kappa shape index (κ2) is 4.84. The van der Waals surface area contributed by atoms with Gasteiger partial charge in [-0.3, -0.25) is 0 Å².